The Bertz CT molecular complexity index is 605. The molecule has 0 bridgehead atoms. The van der Waals surface area contributed by atoms with Crippen LogP contribution < -0.4 is 0 Å². The molecule has 0 radical (unpaired) electrons. The van der Waals surface area contributed by atoms with E-state index in [9.17, 15) is 18.0 Å². The van der Waals surface area contributed by atoms with Crippen molar-refractivity contribution in [3.8, 4) is 0 Å². The fourth-order valence-corrected chi connectivity index (χ4v) is 3.11. The molecular formula is C11H14N2O6S2. The summed E-state index contributed by atoms with van der Waals surface area (Å²) in [6.07, 6.45) is 1.42. The normalized spacial score (nSPS) is 16.0. The average Bonchev–Trinajstić information content (AvgIpc) is 2.97. The predicted molar refractivity (Wildman–Crippen MR) is 75.2 cm³/mol. The van der Waals surface area contributed by atoms with Crippen LogP contribution in [0.25, 0.3) is 0 Å². The first-order valence-corrected chi connectivity index (χ1v) is 9.03. The zero-order chi connectivity index (χ0) is 15.5. The molecule has 0 unspecified atom stereocenters. The number of hydrogen-bond acceptors (Lipinski definition) is 6. The van der Waals surface area contributed by atoms with Crippen LogP contribution in [-0.2, 0) is 13.9 Å². The first-order valence-electron chi connectivity index (χ1n) is 6.09. The summed E-state index contributed by atoms with van der Waals surface area (Å²) in [7, 11) is -4.04. The van der Waals surface area contributed by atoms with E-state index in [0.29, 0.717) is 26.2 Å². The molecule has 2 heterocycles. The van der Waals surface area contributed by atoms with E-state index in [4.69, 9.17) is 8.97 Å². The minimum atomic E-state index is -4.22. The Labute approximate surface area is 125 Å². The molecule has 1 aliphatic heterocycles. The number of carbonyl (C=O) groups excluding carboxylic acids is 2. The summed E-state index contributed by atoms with van der Waals surface area (Å²) >= 11 is 0. The predicted octanol–water partition coefficient (Wildman–Crippen LogP) is 0.1000. The Morgan fingerprint density at radius 1 is 1.24 bits per heavy atom. The highest BCUT2D eigenvalue weighted by atomic mass is 33.1. The molecule has 1 aliphatic rings. The van der Waals surface area contributed by atoms with Crippen molar-refractivity contribution in [2.75, 3.05) is 31.9 Å². The van der Waals surface area contributed by atoms with Gasteiger partial charge in [-0.2, -0.15) is 8.42 Å². The van der Waals surface area contributed by atoms with Crippen molar-refractivity contribution in [1.82, 2.24) is 9.80 Å². The first kappa shape index (κ1) is 15.9. The van der Waals surface area contributed by atoms with Crippen LogP contribution in [-0.4, -0.2) is 66.5 Å². The molecule has 1 aromatic heterocycles. The molecule has 0 spiro atoms. The minimum absolute atomic E-state index is 0.181. The summed E-state index contributed by atoms with van der Waals surface area (Å²) < 4.78 is 34.8. The number of amides is 2. The second-order valence-electron chi connectivity index (χ2n) is 4.34. The van der Waals surface area contributed by atoms with Gasteiger partial charge in [0.1, 0.15) is 0 Å². The van der Waals surface area contributed by atoms with Crippen molar-refractivity contribution in [3.05, 3.63) is 24.2 Å². The lowest BCUT2D eigenvalue weighted by molar-refractivity contribution is -0.129. The molecule has 1 saturated heterocycles. The van der Waals surface area contributed by atoms with Crippen molar-refractivity contribution >= 4 is 31.8 Å². The van der Waals surface area contributed by atoms with Gasteiger partial charge in [-0.3, -0.25) is 14.1 Å². The molecule has 1 N–H and O–H groups in total. The highest BCUT2D eigenvalue weighted by molar-refractivity contribution is 8.70. The zero-order valence-electron chi connectivity index (χ0n) is 11.0. The molecule has 21 heavy (non-hydrogen) atoms. The Hall–Kier alpha value is -1.52. The molecule has 0 saturated carbocycles. The summed E-state index contributed by atoms with van der Waals surface area (Å²) in [5.41, 5.74) is 0. The molecule has 116 valence electrons. The van der Waals surface area contributed by atoms with Crippen LogP contribution >= 0.6 is 10.8 Å². The van der Waals surface area contributed by atoms with Gasteiger partial charge >= 0.3 is 9.15 Å². The number of furan rings is 1. The number of piperazine rings is 1. The number of carbonyl (C=O) groups is 2. The van der Waals surface area contributed by atoms with Crippen LogP contribution in [0.4, 0.5) is 0 Å². The summed E-state index contributed by atoms with van der Waals surface area (Å²) in [6, 6.07) is 3.20. The quantitative estimate of drug-likeness (QED) is 0.614. The second kappa shape index (κ2) is 6.50. The van der Waals surface area contributed by atoms with Crippen LogP contribution in [0.15, 0.2) is 22.8 Å². The number of nitrogens with zero attached hydrogens (tertiary/aromatic N) is 2. The number of rotatable bonds is 4. The van der Waals surface area contributed by atoms with Gasteiger partial charge in [-0.05, 0) is 12.1 Å². The summed E-state index contributed by atoms with van der Waals surface area (Å²) in [5.74, 6) is -0.718. The van der Waals surface area contributed by atoms with Gasteiger partial charge in [-0.1, -0.05) is 0 Å². The molecule has 1 fully saturated rings. The molecule has 1 aromatic rings. The lowest BCUT2D eigenvalue weighted by Crippen LogP contribution is -2.51. The van der Waals surface area contributed by atoms with Crippen molar-refractivity contribution in [2.24, 2.45) is 0 Å². The molecule has 2 rings (SSSR count). The third kappa shape index (κ3) is 4.48. The van der Waals surface area contributed by atoms with Crippen molar-refractivity contribution in [3.63, 3.8) is 0 Å². The molecule has 10 heteroatoms. The fourth-order valence-electron chi connectivity index (χ4n) is 1.93. The Balaban J connectivity index is 1.83. The van der Waals surface area contributed by atoms with Crippen molar-refractivity contribution < 1.29 is 27.0 Å². The maximum absolute atomic E-state index is 12.0. The van der Waals surface area contributed by atoms with Crippen LogP contribution in [0.2, 0.25) is 0 Å². The van der Waals surface area contributed by atoms with E-state index in [1.54, 1.807) is 17.0 Å². The van der Waals surface area contributed by atoms with Crippen molar-refractivity contribution in [1.29, 1.82) is 0 Å². The zero-order valence-corrected chi connectivity index (χ0v) is 12.6. The van der Waals surface area contributed by atoms with Gasteiger partial charge in [0, 0.05) is 37.0 Å². The van der Waals surface area contributed by atoms with Gasteiger partial charge < -0.3 is 14.2 Å². The van der Waals surface area contributed by atoms with Gasteiger partial charge in [0.25, 0.3) is 5.91 Å². The summed E-state index contributed by atoms with van der Waals surface area (Å²) in [5, 5.41) is 0. The Kier molecular flexibility index (Phi) is 4.91. The van der Waals surface area contributed by atoms with E-state index < -0.39 is 9.15 Å². The monoisotopic (exact) mass is 334 g/mol. The highest BCUT2D eigenvalue weighted by Crippen LogP contribution is 2.13. The second-order valence-corrected chi connectivity index (χ2v) is 7.69. The average molecular weight is 334 g/mol. The lowest BCUT2D eigenvalue weighted by atomic mass is 10.3. The van der Waals surface area contributed by atoms with E-state index in [-0.39, 0.29) is 34.1 Å². The molecule has 0 aromatic carbocycles. The molecular weight excluding hydrogens is 320 g/mol. The van der Waals surface area contributed by atoms with Crippen LogP contribution in [0, 0.1) is 0 Å². The molecule has 0 atom stereocenters. The Morgan fingerprint density at radius 2 is 1.86 bits per heavy atom. The van der Waals surface area contributed by atoms with Crippen LogP contribution in [0.1, 0.15) is 10.6 Å². The van der Waals surface area contributed by atoms with E-state index in [1.165, 1.54) is 11.2 Å². The molecule has 0 aliphatic carbocycles. The van der Waals surface area contributed by atoms with Crippen LogP contribution in [0.5, 0.6) is 0 Å². The van der Waals surface area contributed by atoms with Gasteiger partial charge in [0.15, 0.2) is 5.76 Å². The SMILES string of the molecule is O=C(CSS(=O)(=O)O)N1CCN(C(=O)c2ccco2)CC1. The van der Waals surface area contributed by atoms with Crippen molar-refractivity contribution in [2.45, 2.75) is 0 Å². The van der Waals surface area contributed by atoms with Gasteiger partial charge in [-0.15, -0.1) is 0 Å². The maximum Gasteiger partial charge on any atom is 0.320 e. The summed E-state index contributed by atoms with van der Waals surface area (Å²) in [6.45, 7) is 1.33. The van der Waals surface area contributed by atoms with E-state index in [1.807, 2.05) is 0 Å². The molecule has 8 nitrogen and oxygen atoms in total. The number of hydrogen-bond donors (Lipinski definition) is 1. The standard InChI is InChI=1S/C11H14N2O6S2/c14-10(8-20-21(16,17)18)12-3-5-13(6-4-12)11(15)9-2-1-7-19-9/h1-2,7H,3-6,8H2,(H,16,17,18). The van der Waals surface area contributed by atoms with E-state index in [0.717, 1.165) is 0 Å². The highest BCUT2D eigenvalue weighted by Gasteiger charge is 2.26. The van der Waals surface area contributed by atoms with E-state index in [2.05, 4.69) is 0 Å². The largest absolute Gasteiger partial charge is 0.459 e. The third-order valence-electron chi connectivity index (χ3n) is 2.98. The van der Waals surface area contributed by atoms with Gasteiger partial charge in [0.05, 0.1) is 12.0 Å². The summed E-state index contributed by atoms with van der Waals surface area (Å²) in [4.78, 5) is 26.8. The minimum Gasteiger partial charge on any atom is -0.459 e. The fraction of sp³-hybridized carbons (Fsp3) is 0.455. The molecule has 2 amide bonds. The van der Waals surface area contributed by atoms with Crippen LogP contribution in [0.3, 0.4) is 0 Å². The smallest absolute Gasteiger partial charge is 0.320 e. The first-order chi connectivity index (χ1) is 9.87. The van der Waals surface area contributed by atoms with E-state index >= 15 is 0 Å². The van der Waals surface area contributed by atoms with Gasteiger partial charge in [0.2, 0.25) is 5.91 Å². The lowest BCUT2D eigenvalue weighted by Gasteiger charge is -2.34. The Morgan fingerprint density at radius 3 is 2.38 bits per heavy atom. The maximum atomic E-state index is 12.0. The topological polar surface area (TPSA) is 108 Å². The third-order valence-corrected chi connectivity index (χ3v) is 4.89. The van der Waals surface area contributed by atoms with Gasteiger partial charge in [-0.25, -0.2) is 0 Å².